The molecule has 0 spiro atoms. The van der Waals surface area contributed by atoms with Crippen LogP contribution in [0.5, 0.6) is 17.2 Å². The zero-order valence-corrected chi connectivity index (χ0v) is 14.6. The zero-order chi connectivity index (χ0) is 17.4. The van der Waals surface area contributed by atoms with Crippen LogP contribution in [0.3, 0.4) is 0 Å². The van der Waals surface area contributed by atoms with Gasteiger partial charge in [-0.25, -0.2) is 0 Å². The highest BCUT2D eigenvalue weighted by Gasteiger charge is 2.18. The van der Waals surface area contributed by atoms with E-state index in [2.05, 4.69) is 5.32 Å². The summed E-state index contributed by atoms with van der Waals surface area (Å²) < 4.78 is 21.1. The molecule has 0 bridgehead atoms. The smallest absolute Gasteiger partial charge is 0.255 e. The summed E-state index contributed by atoms with van der Waals surface area (Å²) in [6, 6.07) is 3.30. The Balaban J connectivity index is 1.91. The average molecular weight is 339 g/mol. The van der Waals surface area contributed by atoms with E-state index >= 15 is 0 Å². The van der Waals surface area contributed by atoms with E-state index in [1.807, 2.05) is 0 Å². The standard InChI is InChI=1S/C17H26N2O5/c1-21-14-12-16(23-3)15(22-2)11-13(14)17(20)18-5-4-6-19-7-9-24-10-8-19/h11-12H,4-10H2,1-3H3,(H,18,20)/p+1. The molecule has 1 fully saturated rings. The number of hydrogen-bond donors (Lipinski definition) is 2. The third kappa shape index (κ3) is 4.75. The van der Waals surface area contributed by atoms with E-state index in [1.165, 1.54) is 19.1 Å². The van der Waals surface area contributed by atoms with E-state index in [0.717, 1.165) is 39.3 Å². The molecular formula is C17H27N2O5+. The highest BCUT2D eigenvalue weighted by molar-refractivity contribution is 5.97. The van der Waals surface area contributed by atoms with Gasteiger partial charge in [0.1, 0.15) is 18.8 Å². The van der Waals surface area contributed by atoms with E-state index in [9.17, 15) is 4.79 Å². The number of morpholine rings is 1. The van der Waals surface area contributed by atoms with Crippen molar-refractivity contribution in [1.82, 2.24) is 5.32 Å². The molecule has 1 heterocycles. The van der Waals surface area contributed by atoms with Crippen molar-refractivity contribution >= 4 is 5.91 Å². The fourth-order valence-electron chi connectivity index (χ4n) is 2.75. The molecule has 1 saturated heterocycles. The van der Waals surface area contributed by atoms with Crippen LogP contribution in [0.1, 0.15) is 16.8 Å². The Bertz CT molecular complexity index is 544. The van der Waals surface area contributed by atoms with Crippen LogP contribution in [0.15, 0.2) is 12.1 Å². The van der Waals surface area contributed by atoms with E-state index in [0.29, 0.717) is 29.4 Å². The summed E-state index contributed by atoms with van der Waals surface area (Å²) in [6.45, 7) is 5.39. The van der Waals surface area contributed by atoms with Crippen LogP contribution in [0, 0.1) is 0 Å². The van der Waals surface area contributed by atoms with Gasteiger partial charge in [-0.05, 0) is 0 Å². The maximum atomic E-state index is 12.4. The summed E-state index contributed by atoms with van der Waals surface area (Å²) in [5, 5.41) is 2.94. The Morgan fingerprint density at radius 1 is 1.08 bits per heavy atom. The number of rotatable bonds is 8. The van der Waals surface area contributed by atoms with Crippen LogP contribution in [-0.2, 0) is 4.74 Å². The Hall–Kier alpha value is -1.99. The number of carbonyl (C=O) groups is 1. The SMILES string of the molecule is COc1cc(OC)c(C(=O)NCCC[NH+]2CCOCC2)cc1OC. The summed E-state index contributed by atoms with van der Waals surface area (Å²) in [7, 11) is 4.61. The predicted molar refractivity (Wildman–Crippen MR) is 89.4 cm³/mol. The lowest BCUT2D eigenvalue weighted by Gasteiger charge is -2.23. The molecule has 0 saturated carbocycles. The molecule has 2 N–H and O–H groups in total. The van der Waals surface area contributed by atoms with E-state index < -0.39 is 0 Å². The van der Waals surface area contributed by atoms with Crippen LogP contribution in [0.4, 0.5) is 0 Å². The maximum absolute atomic E-state index is 12.4. The summed E-state index contributed by atoms with van der Waals surface area (Å²) >= 11 is 0. The Morgan fingerprint density at radius 2 is 1.71 bits per heavy atom. The van der Waals surface area contributed by atoms with Gasteiger partial charge in [-0.1, -0.05) is 0 Å². The van der Waals surface area contributed by atoms with Gasteiger partial charge < -0.3 is 29.2 Å². The molecule has 134 valence electrons. The molecule has 0 radical (unpaired) electrons. The minimum atomic E-state index is -0.176. The summed E-state index contributed by atoms with van der Waals surface area (Å²) in [5.41, 5.74) is 0.439. The predicted octanol–water partition coefficient (Wildman–Crippen LogP) is -0.253. The van der Waals surface area contributed by atoms with Crippen molar-refractivity contribution in [1.29, 1.82) is 0 Å². The number of hydrogen-bond acceptors (Lipinski definition) is 5. The van der Waals surface area contributed by atoms with Crippen LogP contribution < -0.4 is 24.4 Å². The van der Waals surface area contributed by atoms with Crippen LogP contribution in [-0.4, -0.2) is 66.6 Å². The van der Waals surface area contributed by atoms with Gasteiger partial charge in [0.15, 0.2) is 11.5 Å². The minimum Gasteiger partial charge on any atom is -0.496 e. The van der Waals surface area contributed by atoms with E-state index in [1.54, 1.807) is 19.2 Å². The summed E-state index contributed by atoms with van der Waals surface area (Å²) in [6.07, 6.45) is 0.927. The van der Waals surface area contributed by atoms with Gasteiger partial charge >= 0.3 is 0 Å². The molecular weight excluding hydrogens is 312 g/mol. The lowest BCUT2D eigenvalue weighted by Crippen LogP contribution is -3.14. The lowest BCUT2D eigenvalue weighted by atomic mass is 10.1. The molecule has 1 aromatic rings. The Kier molecular flexibility index (Phi) is 7.14. The second-order valence-corrected chi connectivity index (χ2v) is 5.63. The fraction of sp³-hybridized carbons (Fsp3) is 0.588. The van der Waals surface area contributed by atoms with Gasteiger partial charge in [0.2, 0.25) is 0 Å². The van der Waals surface area contributed by atoms with Gasteiger partial charge in [-0.15, -0.1) is 0 Å². The Labute approximate surface area is 142 Å². The van der Waals surface area contributed by atoms with Gasteiger partial charge in [-0.2, -0.15) is 0 Å². The first-order valence-electron chi connectivity index (χ1n) is 8.19. The summed E-state index contributed by atoms with van der Waals surface area (Å²) in [4.78, 5) is 14.0. The largest absolute Gasteiger partial charge is 0.496 e. The van der Waals surface area contributed by atoms with Crippen LogP contribution in [0.2, 0.25) is 0 Å². The molecule has 0 aromatic heterocycles. The first-order chi connectivity index (χ1) is 11.7. The van der Waals surface area contributed by atoms with E-state index in [-0.39, 0.29) is 5.91 Å². The average Bonchev–Trinajstić information content (AvgIpc) is 2.64. The van der Waals surface area contributed by atoms with Gasteiger partial charge in [-0.3, -0.25) is 4.79 Å². The molecule has 2 rings (SSSR count). The number of benzene rings is 1. The molecule has 0 atom stereocenters. The second kappa shape index (κ2) is 9.34. The van der Waals surface area contributed by atoms with Crippen molar-refractivity contribution in [2.45, 2.75) is 6.42 Å². The van der Waals surface area contributed by atoms with Gasteiger partial charge in [0.05, 0.1) is 46.7 Å². The Morgan fingerprint density at radius 3 is 2.33 bits per heavy atom. The summed E-state index contributed by atoms with van der Waals surface area (Å²) in [5.74, 6) is 1.32. The number of methoxy groups -OCH3 is 3. The third-order valence-electron chi connectivity index (χ3n) is 4.14. The number of carbonyl (C=O) groups excluding carboxylic acids is 1. The monoisotopic (exact) mass is 339 g/mol. The minimum absolute atomic E-state index is 0.176. The quantitative estimate of drug-likeness (QED) is 0.639. The van der Waals surface area contributed by atoms with E-state index in [4.69, 9.17) is 18.9 Å². The van der Waals surface area contributed by atoms with Gasteiger partial charge in [0.25, 0.3) is 5.91 Å². The number of quaternary nitrogens is 1. The third-order valence-corrected chi connectivity index (χ3v) is 4.14. The molecule has 0 aliphatic carbocycles. The molecule has 1 aromatic carbocycles. The first kappa shape index (κ1) is 18.4. The highest BCUT2D eigenvalue weighted by Crippen LogP contribution is 2.34. The van der Waals surface area contributed by atoms with Crippen molar-refractivity contribution in [2.24, 2.45) is 0 Å². The maximum Gasteiger partial charge on any atom is 0.255 e. The van der Waals surface area contributed by atoms with Gasteiger partial charge in [0, 0.05) is 25.1 Å². The number of amides is 1. The van der Waals surface area contributed by atoms with Crippen molar-refractivity contribution in [3.63, 3.8) is 0 Å². The fourth-order valence-corrected chi connectivity index (χ4v) is 2.75. The molecule has 7 heteroatoms. The topological polar surface area (TPSA) is 70.5 Å². The second-order valence-electron chi connectivity index (χ2n) is 5.63. The number of ether oxygens (including phenoxy) is 4. The van der Waals surface area contributed by atoms with Crippen molar-refractivity contribution in [2.75, 3.05) is 60.7 Å². The number of nitrogens with one attached hydrogen (secondary N) is 2. The normalized spacial score (nSPS) is 15.0. The van der Waals surface area contributed by atoms with Crippen molar-refractivity contribution < 1.29 is 28.6 Å². The molecule has 1 amide bonds. The molecule has 1 aliphatic heterocycles. The molecule has 0 unspecified atom stereocenters. The molecule has 24 heavy (non-hydrogen) atoms. The van der Waals surface area contributed by atoms with Crippen molar-refractivity contribution in [3.05, 3.63) is 17.7 Å². The molecule has 7 nitrogen and oxygen atoms in total. The van der Waals surface area contributed by atoms with Crippen LogP contribution in [0.25, 0.3) is 0 Å². The van der Waals surface area contributed by atoms with Crippen LogP contribution >= 0.6 is 0 Å². The van der Waals surface area contributed by atoms with Crippen molar-refractivity contribution in [3.8, 4) is 17.2 Å². The molecule has 1 aliphatic rings. The lowest BCUT2D eigenvalue weighted by molar-refractivity contribution is -0.908. The highest BCUT2D eigenvalue weighted by atomic mass is 16.5. The first-order valence-corrected chi connectivity index (χ1v) is 8.19. The zero-order valence-electron chi connectivity index (χ0n) is 14.6.